The Hall–Kier alpha value is -2.36. The van der Waals surface area contributed by atoms with E-state index >= 15 is 0 Å². The number of rotatable bonds is 6. The standard InChI is InChI=1S/C15H13FN2O4S2/c16-23-13-7-5-12(6-8-13)18-24(21,22)14-3-1-2-11(10-14)4-9-15(19)17-20/h1-10,18,20H,(H,17,19)/b9-4+. The van der Waals surface area contributed by atoms with Gasteiger partial charge in [0.25, 0.3) is 15.9 Å². The van der Waals surface area contributed by atoms with Crippen molar-refractivity contribution in [3.63, 3.8) is 0 Å². The van der Waals surface area contributed by atoms with Crippen molar-refractivity contribution in [3.05, 3.63) is 60.2 Å². The third-order valence-electron chi connectivity index (χ3n) is 2.90. The molecule has 0 aliphatic rings. The highest BCUT2D eigenvalue weighted by Gasteiger charge is 2.14. The summed E-state index contributed by atoms with van der Waals surface area (Å²) in [5.74, 6) is -0.729. The normalized spacial score (nSPS) is 11.4. The minimum absolute atomic E-state index is 0.00185. The van der Waals surface area contributed by atoms with Gasteiger partial charge in [0, 0.05) is 16.7 Å². The lowest BCUT2D eigenvalue weighted by Gasteiger charge is -2.09. The van der Waals surface area contributed by atoms with Gasteiger partial charge in [-0.05, 0) is 48.0 Å². The quantitative estimate of drug-likeness (QED) is 0.414. The maximum absolute atomic E-state index is 12.4. The van der Waals surface area contributed by atoms with Crippen LogP contribution in [-0.2, 0) is 14.8 Å². The van der Waals surface area contributed by atoms with E-state index < -0.39 is 15.9 Å². The molecular formula is C15H13FN2O4S2. The summed E-state index contributed by atoms with van der Waals surface area (Å²) in [5, 5.41) is 8.42. The number of nitrogens with one attached hydrogen (secondary N) is 2. The smallest absolute Gasteiger partial charge is 0.267 e. The van der Waals surface area contributed by atoms with Crippen LogP contribution in [-0.4, -0.2) is 19.5 Å². The summed E-state index contributed by atoms with van der Waals surface area (Å²) in [7, 11) is -3.83. The topological polar surface area (TPSA) is 95.5 Å². The van der Waals surface area contributed by atoms with Gasteiger partial charge in [-0.15, -0.1) is 0 Å². The Labute approximate surface area is 142 Å². The Kier molecular flexibility index (Phi) is 5.96. The number of amides is 1. The molecule has 2 rings (SSSR count). The highest BCUT2D eigenvalue weighted by molar-refractivity contribution is 7.94. The van der Waals surface area contributed by atoms with Gasteiger partial charge in [-0.25, -0.2) is 13.9 Å². The molecule has 9 heteroatoms. The predicted octanol–water partition coefficient (Wildman–Crippen LogP) is 2.98. The lowest BCUT2D eigenvalue weighted by molar-refractivity contribution is -0.124. The molecule has 0 fully saturated rings. The van der Waals surface area contributed by atoms with Gasteiger partial charge in [-0.2, -0.15) is 3.89 Å². The second-order valence-corrected chi connectivity index (χ2v) is 6.90. The number of sulfonamides is 1. The fourth-order valence-electron chi connectivity index (χ4n) is 1.78. The Morgan fingerprint density at radius 2 is 1.88 bits per heavy atom. The van der Waals surface area contributed by atoms with Crippen LogP contribution in [0.4, 0.5) is 9.57 Å². The lowest BCUT2D eigenvalue weighted by Crippen LogP contribution is -2.15. The summed E-state index contributed by atoms with van der Waals surface area (Å²) in [6, 6.07) is 11.7. The van der Waals surface area contributed by atoms with Crippen LogP contribution in [0.5, 0.6) is 0 Å². The van der Waals surface area contributed by atoms with Crippen molar-refractivity contribution >= 4 is 39.8 Å². The molecule has 0 unspecified atom stereocenters. The molecule has 0 aliphatic heterocycles. The van der Waals surface area contributed by atoms with Crippen LogP contribution in [0.15, 0.2) is 64.4 Å². The first-order valence-electron chi connectivity index (χ1n) is 6.58. The van der Waals surface area contributed by atoms with Crippen molar-refractivity contribution in [2.24, 2.45) is 0 Å². The first kappa shape index (κ1) is 18.0. The fourth-order valence-corrected chi connectivity index (χ4v) is 3.14. The molecule has 0 heterocycles. The maximum atomic E-state index is 12.4. The number of carbonyl (C=O) groups excluding carboxylic acids is 1. The van der Waals surface area contributed by atoms with Crippen LogP contribution in [0.3, 0.4) is 0 Å². The molecule has 1 amide bonds. The highest BCUT2D eigenvalue weighted by Crippen LogP contribution is 2.23. The number of hydrogen-bond acceptors (Lipinski definition) is 5. The van der Waals surface area contributed by atoms with E-state index in [1.54, 1.807) is 6.07 Å². The van der Waals surface area contributed by atoms with Crippen molar-refractivity contribution < 1.29 is 22.3 Å². The van der Waals surface area contributed by atoms with Gasteiger partial charge >= 0.3 is 0 Å². The van der Waals surface area contributed by atoms with Crippen LogP contribution < -0.4 is 10.2 Å². The summed E-state index contributed by atoms with van der Waals surface area (Å²) in [6.07, 6.45) is 2.42. The van der Waals surface area contributed by atoms with Crippen molar-refractivity contribution in [3.8, 4) is 0 Å². The van der Waals surface area contributed by atoms with E-state index in [0.717, 1.165) is 6.08 Å². The molecule has 3 N–H and O–H groups in total. The zero-order valence-electron chi connectivity index (χ0n) is 12.1. The fraction of sp³-hybridized carbons (Fsp3) is 0. The molecule has 24 heavy (non-hydrogen) atoms. The molecule has 0 spiro atoms. The number of hydroxylamine groups is 1. The summed E-state index contributed by atoms with van der Waals surface area (Å²) in [5.41, 5.74) is 2.20. The van der Waals surface area contributed by atoms with Gasteiger partial charge in [0.2, 0.25) is 0 Å². The van der Waals surface area contributed by atoms with Gasteiger partial charge in [0.1, 0.15) is 0 Å². The number of hydrogen-bond donors (Lipinski definition) is 3. The van der Waals surface area contributed by atoms with Crippen molar-refractivity contribution in [1.29, 1.82) is 0 Å². The van der Waals surface area contributed by atoms with Gasteiger partial charge in [0.15, 0.2) is 0 Å². The zero-order valence-corrected chi connectivity index (χ0v) is 13.8. The van der Waals surface area contributed by atoms with Crippen LogP contribution in [0.25, 0.3) is 6.08 Å². The first-order chi connectivity index (χ1) is 11.4. The maximum Gasteiger partial charge on any atom is 0.267 e. The summed E-state index contributed by atoms with van der Waals surface area (Å²) in [6.45, 7) is 0. The molecule has 0 saturated carbocycles. The lowest BCUT2D eigenvalue weighted by atomic mass is 10.2. The number of halogens is 1. The van der Waals surface area contributed by atoms with Gasteiger partial charge in [0.05, 0.1) is 17.0 Å². The second-order valence-electron chi connectivity index (χ2n) is 4.59. The average molecular weight is 368 g/mol. The van der Waals surface area contributed by atoms with Crippen LogP contribution in [0.1, 0.15) is 5.56 Å². The van der Waals surface area contributed by atoms with E-state index in [-0.39, 0.29) is 17.0 Å². The minimum Gasteiger partial charge on any atom is -0.288 e. The molecule has 0 aromatic heterocycles. The van der Waals surface area contributed by atoms with E-state index in [1.807, 2.05) is 0 Å². The van der Waals surface area contributed by atoms with Crippen molar-refractivity contribution in [1.82, 2.24) is 5.48 Å². The van der Waals surface area contributed by atoms with Crippen molar-refractivity contribution in [2.45, 2.75) is 9.79 Å². The predicted molar refractivity (Wildman–Crippen MR) is 89.6 cm³/mol. The number of carbonyl (C=O) groups is 1. The van der Waals surface area contributed by atoms with E-state index in [1.165, 1.54) is 54.0 Å². The largest absolute Gasteiger partial charge is 0.288 e. The second kappa shape index (κ2) is 7.95. The molecule has 0 radical (unpaired) electrons. The SMILES string of the molecule is O=C(/C=C/c1cccc(S(=O)(=O)Nc2ccc(SF)cc2)c1)NO. The molecule has 0 atom stereocenters. The number of anilines is 1. The van der Waals surface area contributed by atoms with Crippen LogP contribution >= 0.6 is 12.1 Å². The highest BCUT2D eigenvalue weighted by atomic mass is 32.2. The monoisotopic (exact) mass is 368 g/mol. The van der Waals surface area contributed by atoms with E-state index in [9.17, 15) is 17.1 Å². The molecule has 0 saturated heterocycles. The Morgan fingerprint density at radius 1 is 1.17 bits per heavy atom. The average Bonchev–Trinajstić information content (AvgIpc) is 2.60. The molecule has 6 nitrogen and oxygen atoms in total. The molecular weight excluding hydrogens is 355 g/mol. The van der Waals surface area contributed by atoms with Crippen molar-refractivity contribution in [2.75, 3.05) is 4.72 Å². The molecule has 2 aromatic carbocycles. The van der Waals surface area contributed by atoms with E-state index in [0.29, 0.717) is 16.1 Å². The molecule has 2 aromatic rings. The van der Waals surface area contributed by atoms with E-state index in [2.05, 4.69) is 4.72 Å². The minimum atomic E-state index is -3.83. The molecule has 0 aliphatic carbocycles. The summed E-state index contributed by atoms with van der Waals surface area (Å²) >= 11 is 0.0681. The van der Waals surface area contributed by atoms with Gasteiger partial charge in [-0.1, -0.05) is 12.1 Å². The molecule has 126 valence electrons. The zero-order chi connectivity index (χ0) is 17.6. The van der Waals surface area contributed by atoms with E-state index in [4.69, 9.17) is 5.21 Å². The third-order valence-corrected chi connectivity index (χ3v) is 4.73. The first-order valence-corrected chi connectivity index (χ1v) is 8.78. The summed E-state index contributed by atoms with van der Waals surface area (Å²) < 4.78 is 39.5. The van der Waals surface area contributed by atoms with Gasteiger partial charge < -0.3 is 0 Å². The Morgan fingerprint density at radius 3 is 2.50 bits per heavy atom. The Balaban J connectivity index is 2.22. The van der Waals surface area contributed by atoms with Gasteiger partial charge in [-0.3, -0.25) is 14.7 Å². The summed E-state index contributed by atoms with van der Waals surface area (Å²) in [4.78, 5) is 11.3. The molecule has 0 bridgehead atoms. The Bertz CT molecular complexity index is 852. The third kappa shape index (κ3) is 4.82. The van der Waals surface area contributed by atoms with Crippen LogP contribution in [0.2, 0.25) is 0 Å². The number of benzene rings is 2. The van der Waals surface area contributed by atoms with Crippen LogP contribution in [0, 0.1) is 0 Å².